The summed E-state index contributed by atoms with van der Waals surface area (Å²) in [6.45, 7) is 2.15. The van der Waals surface area contributed by atoms with Crippen LogP contribution in [0.5, 0.6) is 5.75 Å². The maximum absolute atomic E-state index is 11.5. The molecular formula is C13H18N2O5. The summed E-state index contributed by atoms with van der Waals surface area (Å²) in [6.07, 6.45) is 0. The van der Waals surface area contributed by atoms with Crippen LogP contribution in [-0.2, 0) is 9.53 Å². The quantitative estimate of drug-likeness (QED) is 0.389. The van der Waals surface area contributed by atoms with Crippen LogP contribution >= 0.6 is 0 Å². The molecule has 0 aliphatic heterocycles. The van der Waals surface area contributed by atoms with E-state index in [9.17, 15) is 9.59 Å². The number of rotatable bonds is 7. The van der Waals surface area contributed by atoms with E-state index in [-0.39, 0.29) is 13.2 Å². The first-order valence-corrected chi connectivity index (χ1v) is 6.13. The molecule has 7 nitrogen and oxygen atoms in total. The van der Waals surface area contributed by atoms with Crippen LogP contribution in [0.3, 0.4) is 0 Å². The second-order valence-electron chi connectivity index (χ2n) is 3.84. The van der Waals surface area contributed by atoms with E-state index in [1.54, 1.807) is 24.3 Å². The van der Waals surface area contributed by atoms with Gasteiger partial charge in [0.25, 0.3) is 0 Å². The van der Waals surface area contributed by atoms with Crippen molar-refractivity contribution in [3.63, 3.8) is 0 Å². The molecule has 0 unspecified atom stereocenters. The van der Waals surface area contributed by atoms with Crippen molar-refractivity contribution in [2.75, 3.05) is 31.7 Å². The smallest absolute Gasteiger partial charge is 0.319 e. The normalized spacial score (nSPS) is 9.90. The van der Waals surface area contributed by atoms with Crippen molar-refractivity contribution >= 4 is 17.7 Å². The summed E-state index contributed by atoms with van der Waals surface area (Å²) in [6, 6.07) is 6.11. The maximum Gasteiger partial charge on any atom is 0.319 e. The molecule has 3 N–H and O–H groups in total. The maximum atomic E-state index is 11.5. The number of ether oxygens (including phenoxy) is 2. The molecule has 2 amide bonds. The molecule has 0 aromatic heterocycles. The molecule has 0 fully saturated rings. The fraction of sp³-hybridized carbons (Fsp3) is 0.385. The number of hydrogen-bond acceptors (Lipinski definition) is 5. The van der Waals surface area contributed by atoms with E-state index in [4.69, 9.17) is 14.6 Å². The number of anilines is 1. The van der Waals surface area contributed by atoms with E-state index in [1.165, 1.54) is 6.92 Å². The third kappa shape index (κ3) is 6.72. The van der Waals surface area contributed by atoms with Gasteiger partial charge in [0.2, 0.25) is 0 Å². The summed E-state index contributed by atoms with van der Waals surface area (Å²) in [4.78, 5) is 22.4. The number of carbonyl (C=O) groups is 2. The Morgan fingerprint density at radius 1 is 1.30 bits per heavy atom. The van der Waals surface area contributed by atoms with Crippen LogP contribution in [0, 0.1) is 0 Å². The van der Waals surface area contributed by atoms with Gasteiger partial charge in [-0.05, 0) is 12.1 Å². The molecule has 1 aromatic carbocycles. The molecule has 0 bridgehead atoms. The minimum Gasteiger partial charge on any atom is -0.427 e. The zero-order chi connectivity index (χ0) is 14.8. The largest absolute Gasteiger partial charge is 0.427 e. The Bertz CT molecular complexity index is 450. The standard InChI is InChI=1S/C13H18N2O5/c1-10(17)20-12-4-2-3-11(9-12)15-13(18)14-5-7-19-8-6-16/h2-4,9,16H,5-8H2,1H3,(H2,14,15,18). The van der Waals surface area contributed by atoms with Crippen molar-refractivity contribution in [1.82, 2.24) is 5.32 Å². The van der Waals surface area contributed by atoms with Gasteiger partial charge in [-0.3, -0.25) is 4.79 Å². The molecule has 0 saturated carbocycles. The third-order valence-electron chi connectivity index (χ3n) is 2.12. The SMILES string of the molecule is CC(=O)Oc1cccc(NC(=O)NCCOCCO)c1. The lowest BCUT2D eigenvalue weighted by atomic mass is 10.3. The van der Waals surface area contributed by atoms with Crippen LogP contribution < -0.4 is 15.4 Å². The molecule has 7 heteroatoms. The number of nitrogens with one attached hydrogen (secondary N) is 2. The second-order valence-corrected chi connectivity index (χ2v) is 3.84. The first-order chi connectivity index (χ1) is 9.61. The fourth-order valence-corrected chi connectivity index (χ4v) is 1.38. The van der Waals surface area contributed by atoms with E-state index in [0.29, 0.717) is 24.6 Å². The third-order valence-corrected chi connectivity index (χ3v) is 2.12. The highest BCUT2D eigenvalue weighted by Gasteiger charge is 2.03. The monoisotopic (exact) mass is 282 g/mol. The Labute approximate surface area is 116 Å². The number of urea groups is 1. The van der Waals surface area contributed by atoms with Crippen LogP contribution in [0.15, 0.2) is 24.3 Å². The van der Waals surface area contributed by atoms with Crippen molar-refractivity contribution in [2.45, 2.75) is 6.92 Å². The van der Waals surface area contributed by atoms with Gasteiger partial charge in [-0.15, -0.1) is 0 Å². The van der Waals surface area contributed by atoms with Gasteiger partial charge in [0, 0.05) is 25.2 Å². The first-order valence-electron chi connectivity index (χ1n) is 6.13. The molecule has 0 saturated heterocycles. The summed E-state index contributed by atoms with van der Waals surface area (Å²) in [5.41, 5.74) is 0.512. The van der Waals surface area contributed by atoms with E-state index in [1.807, 2.05) is 0 Å². The number of carbonyl (C=O) groups excluding carboxylic acids is 2. The fourth-order valence-electron chi connectivity index (χ4n) is 1.38. The highest BCUT2D eigenvalue weighted by atomic mass is 16.5. The summed E-state index contributed by atoms with van der Waals surface area (Å²) in [7, 11) is 0. The van der Waals surface area contributed by atoms with Gasteiger partial charge in [0.1, 0.15) is 5.75 Å². The second kappa shape index (κ2) is 8.89. The topological polar surface area (TPSA) is 96.9 Å². The Morgan fingerprint density at radius 3 is 2.80 bits per heavy atom. The Morgan fingerprint density at radius 2 is 2.10 bits per heavy atom. The van der Waals surface area contributed by atoms with Crippen molar-refractivity contribution in [3.05, 3.63) is 24.3 Å². The van der Waals surface area contributed by atoms with Crippen LogP contribution in [0.1, 0.15) is 6.92 Å². The zero-order valence-corrected chi connectivity index (χ0v) is 11.2. The number of amides is 2. The minimum atomic E-state index is -0.423. The summed E-state index contributed by atoms with van der Waals surface area (Å²) in [5, 5.41) is 13.7. The van der Waals surface area contributed by atoms with Gasteiger partial charge in [0.05, 0.1) is 19.8 Å². The van der Waals surface area contributed by atoms with Crippen LogP contribution in [0.2, 0.25) is 0 Å². The van der Waals surface area contributed by atoms with Crippen molar-refractivity contribution in [2.24, 2.45) is 0 Å². The molecule has 20 heavy (non-hydrogen) atoms. The van der Waals surface area contributed by atoms with Crippen molar-refractivity contribution in [1.29, 1.82) is 0 Å². The van der Waals surface area contributed by atoms with Gasteiger partial charge in [0.15, 0.2) is 0 Å². The number of benzene rings is 1. The number of hydrogen-bond donors (Lipinski definition) is 3. The first kappa shape index (κ1) is 15.9. The predicted molar refractivity (Wildman–Crippen MR) is 72.7 cm³/mol. The number of aliphatic hydroxyl groups excluding tert-OH is 1. The van der Waals surface area contributed by atoms with E-state index in [0.717, 1.165) is 0 Å². The van der Waals surface area contributed by atoms with Gasteiger partial charge in [-0.25, -0.2) is 4.79 Å². The predicted octanol–water partition coefficient (Wildman–Crippen LogP) is 0.742. The zero-order valence-electron chi connectivity index (χ0n) is 11.2. The Balaban J connectivity index is 2.36. The van der Waals surface area contributed by atoms with Gasteiger partial charge in [-0.2, -0.15) is 0 Å². The molecule has 0 radical (unpaired) electrons. The summed E-state index contributed by atoms with van der Waals surface area (Å²) >= 11 is 0. The van der Waals surface area contributed by atoms with Gasteiger partial charge >= 0.3 is 12.0 Å². The highest BCUT2D eigenvalue weighted by Crippen LogP contribution is 2.17. The van der Waals surface area contributed by atoms with Crippen LogP contribution in [0.25, 0.3) is 0 Å². The van der Waals surface area contributed by atoms with Crippen molar-refractivity contribution < 1.29 is 24.2 Å². The number of aliphatic hydroxyl groups is 1. The molecular weight excluding hydrogens is 264 g/mol. The van der Waals surface area contributed by atoms with E-state index >= 15 is 0 Å². The number of esters is 1. The molecule has 0 aliphatic rings. The van der Waals surface area contributed by atoms with Crippen LogP contribution in [-0.4, -0.2) is 43.5 Å². The highest BCUT2D eigenvalue weighted by molar-refractivity contribution is 5.89. The van der Waals surface area contributed by atoms with E-state index < -0.39 is 12.0 Å². The lowest BCUT2D eigenvalue weighted by Gasteiger charge is -2.09. The van der Waals surface area contributed by atoms with Crippen molar-refractivity contribution in [3.8, 4) is 5.75 Å². The molecule has 0 atom stereocenters. The Hall–Kier alpha value is -2.12. The van der Waals surface area contributed by atoms with Crippen LogP contribution in [0.4, 0.5) is 10.5 Å². The minimum absolute atomic E-state index is 0.0465. The van der Waals surface area contributed by atoms with Gasteiger partial charge < -0.3 is 25.2 Å². The molecule has 1 rings (SSSR count). The lowest BCUT2D eigenvalue weighted by molar-refractivity contribution is -0.131. The Kier molecular flexibility index (Phi) is 7.08. The summed E-state index contributed by atoms with van der Waals surface area (Å²) < 4.78 is 9.90. The average molecular weight is 282 g/mol. The molecule has 110 valence electrons. The molecule has 0 spiro atoms. The summed E-state index contributed by atoms with van der Waals surface area (Å²) in [5.74, 6) is -0.0609. The average Bonchev–Trinajstić information content (AvgIpc) is 2.38. The lowest BCUT2D eigenvalue weighted by Crippen LogP contribution is -2.31. The van der Waals surface area contributed by atoms with Gasteiger partial charge in [-0.1, -0.05) is 6.07 Å². The molecule has 0 heterocycles. The molecule has 0 aliphatic carbocycles. The van der Waals surface area contributed by atoms with E-state index in [2.05, 4.69) is 10.6 Å². The molecule has 1 aromatic rings.